The summed E-state index contributed by atoms with van der Waals surface area (Å²) in [6.45, 7) is 5.65. The Hall–Kier alpha value is -3.24. The lowest BCUT2D eigenvalue weighted by atomic mass is 10.0. The van der Waals surface area contributed by atoms with E-state index in [1.807, 2.05) is 37.3 Å². The van der Waals surface area contributed by atoms with E-state index in [9.17, 15) is 9.50 Å². The van der Waals surface area contributed by atoms with Gasteiger partial charge in [-0.25, -0.2) is 4.39 Å². The van der Waals surface area contributed by atoms with Crippen molar-refractivity contribution < 1.29 is 14.2 Å². The van der Waals surface area contributed by atoms with Crippen molar-refractivity contribution in [2.75, 3.05) is 6.61 Å². The third-order valence-corrected chi connectivity index (χ3v) is 4.89. The summed E-state index contributed by atoms with van der Waals surface area (Å²) in [7, 11) is 0. The predicted molar refractivity (Wildman–Crippen MR) is 125 cm³/mol. The molecule has 3 aromatic rings. The number of halogens is 1. The summed E-state index contributed by atoms with van der Waals surface area (Å²) in [6.07, 6.45) is 10.1. The van der Waals surface area contributed by atoms with Crippen LogP contribution in [0.3, 0.4) is 0 Å². The van der Waals surface area contributed by atoms with E-state index in [2.05, 4.69) is 35.8 Å². The van der Waals surface area contributed by atoms with Crippen LogP contribution >= 0.6 is 0 Å². The monoisotopic (exact) mass is 417 g/mol. The van der Waals surface area contributed by atoms with E-state index in [1.165, 1.54) is 6.07 Å². The molecule has 4 heteroatoms. The minimum absolute atomic E-state index is 0.213. The van der Waals surface area contributed by atoms with Gasteiger partial charge in [0.05, 0.1) is 11.8 Å². The second-order valence-corrected chi connectivity index (χ2v) is 7.48. The smallest absolute Gasteiger partial charge is 0.165 e. The molecule has 0 saturated carbocycles. The van der Waals surface area contributed by atoms with Crippen LogP contribution in [0.2, 0.25) is 0 Å². The Bertz CT molecular complexity index is 1010. The van der Waals surface area contributed by atoms with Gasteiger partial charge >= 0.3 is 0 Å². The van der Waals surface area contributed by atoms with Gasteiger partial charge < -0.3 is 9.84 Å². The van der Waals surface area contributed by atoms with Crippen molar-refractivity contribution in [1.82, 2.24) is 4.98 Å². The van der Waals surface area contributed by atoms with E-state index in [0.717, 1.165) is 47.2 Å². The molecule has 3 nitrogen and oxygen atoms in total. The Balaban J connectivity index is 1.64. The number of aliphatic hydroxyl groups is 1. The molecule has 0 fully saturated rings. The molecule has 1 unspecified atom stereocenters. The van der Waals surface area contributed by atoms with Gasteiger partial charge in [0, 0.05) is 17.3 Å². The normalized spacial score (nSPS) is 12.1. The van der Waals surface area contributed by atoms with Crippen LogP contribution in [0.1, 0.15) is 31.7 Å². The Labute approximate surface area is 183 Å². The summed E-state index contributed by atoms with van der Waals surface area (Å²) in [4.78, 5) is 4.55. The topological polar surface area (TPSA) is 42.4 Å². The molecular weight excluding hydrogens is 389 g/mol. The van der Waals surface area contributed by atoms with Gasteiger partial charge in [-0.1, -0.05) is 61.2 Å². The van der Waals surface area contributed by atoms with E-state index in [1.54, 1.807) is 18.3 Å². The first kappa shape index (κ1) is 22.4. The zero-order chi connectivity index (χ0) is 22.1. The lowest BCUT2D eigenvalue weighted by Crippen LogP contribution is -1.97. The minimum Gasteiger partial charge on any atom is -0.486 e. The van der Waals surface area contributed by atoms with Crippen molar-refractivity contribution in [1.29, 1.82) is 0 Å². The van der Waals surface area contributed by atoms with Crippen LogP contribution in [0.15, 0.2) is 79.5 Å². The first-order valence-electron chi connectivity index (χ1n) is 10.5. The molecule has 0 spiro atoms. The number of benzene rings is 2. The van der Waals surface area contributed by atoms with Gasteiger partial charge in [-0.2, -0.15) is 0 Å². The van der Waals surface area contributed by atoms with Crippen LogP contribution in [-0.4, -0.2) is 22.8 Å². The van der Waals surface area contributed by atoms with Gasteiger partial charge in [0.25, 0.3) is 0 Å². The highest BCUT2D eigenvalue weighted by Crippen LogP contribution is 2.27. The fraction of sp³-hybridized carbons (Fsp3) is 0.222. The largest absolute Gasteiger partial charge is 0.486 e. The summed E-state index contributed by atoms with van der Waals surface area (Å²) in [5.74, 6) is -0.191. The standard InChI is InChI=1S/C27H28FNO2/c1-3-17-31-27-16-14-23(18-25(27)28)24-13-15-26(29-19-24)22-11-9-21(10-12-22)8-6-4-5-7-20(2)30/h3,6,8-16,18-20,30H,1,4-5,7,17H2,2H3. The second kappa shape index (κ2) is 11.2. The van der Waals surface area contributed by atoms with Gasteiger partial charge in [0.2, 0.25) is 0 Å². The summed E-state index contributed by atoms with van der Waals surface area (Å²) in [5, 5.41) is 9.29. The van der Waals surface area contributed by atoms with Crippen molar-refractivity contribution in [3.8, 4) is 28.1 Å². The first-order chi connectivity index (χ1) is 15.1. The number of hydrogen-bond donors (Lipinski definition) is 1. The lowest BCUT2D eigenvalue weighted by Gasteiger charge is -2.08. The molecule has 31 heavy (non-hydrogen) atoms. The van der Waals surface area contributed by atoms with Gasteiger partial charge in [-0.3, -0.25) is 4.98 Å². The van der Waals surface area contributed by atoms with Crippen LogP contribution < -0.4 is 4.74 Å². The molecule has 0 amide bonds. The maximum absolute atomic E-state index is 14.2. The molecule has 0 aliphatic heterocycles. The molecule has 1 aromatic heterocycles. The molecule has 1 N–H and O–H groups in total. The molecule has 3 rings (SSSR count). The van der Waals surface area contributed by atoms with Crippen molar-refractivity contribution in [3.63, 3.8) is 0 Å². The minimum atomic E-state index is -0.405. The number of rotatable bonds is 10. The third-order valence-electron chi connectivity index (χ3n) is 4.89. The molecule has 1 heterocycles. The first-order valence-corrected chi connectivity index (χ1v) is 10.5. The molecule has 1 atom stereocenters. The SMILES string of the molecule is C=CCOc1ccc(-c2ccc(-c3ccc(C=CCCCC(C)O)cc3)nc2)cc1F. The Morgan fingerprint density at radius 3 is 2.45 bits per heavy atom. The van der Waals surface area contributed by atoms with Crippen LogP contribution in [0, 0.1) is 5.82 Å². The highest BCUT2D eigenvalue weighted by molar-refractivity contribution is 5.68. The molecule has 0 bridgehead atoms. The molecule has 0 aliphatic rings. The fourth-order valence-corrected chi connectivity index (χ4v) is 3.20. The Morgan fingerprint density at radius 2 is 1.81 bits per heavy atom. The van der Waals surface area contributed by atoms with Crippen LogP contribution in [0.25, 0.3) is 28.5 Å². The molecule has 0 aliphatic carbocycles. The number of ether oxygens (including phenoxy) is 1. The van der Waals surface area contributed by atoms with E-state index < -0.39 is 5.82 Å². The summed E-state index contributed by atoms with van der Waals surface area (Å²) in [6, 6.07) is 17.0. The lowest BCUT2D eigenvalue weighted by molar-refractivity contribution is 0.182. The maximum atomic E-state index is 14.2. The molecule has 2 aromatic carbocycles. The van der Waals surface area contributed by atoms with Gasteiger partial charge in [0.15, 0.2) is 11.6 Å². The van der Waals surface area contributed by atoms with Gasteiger partial charge in [-0.05, 0) is 55.5 Å². The molecule has 0 saturated heterocycles. The maximum Gasteiger partial charge on any atom is 0.165 e. The number of pyridine rings is 1. The Morgan fingerprint density at radius 1 is 1.06 bits per heavy atom. The average molecular weight is 418 g/mol. The quantitative estimate of drug-likeness (QED) is 0.295. The number of nitrogens with zero attached hydrogens (tertiary/aromatic N) is 1. The molecule has 160 valence electrons. The number of hydrogen-bond acceptors (Lipinski definition) is 3. The van der Waals surface area contributed by atoms with E-state index >= 15 is 0 Å². The van der Waals surface area contributed by atoms with Crippen molar-refractivity contribution in [2.24, 2.45) is 0 Å². The zero-order valence-corrected chi connectivity index (χ0v) is 17.8. The van der Waals surface area contributed by atoms with Crippen molar-refractivity contribution in [2.45, 2.75) is 32.3 Å². The van der Waals surface area contributed by atoms with Crippen LogP contribution in [0.5, 0.6) is 5.75 Å². The van der Waals surface area contributed by atoms with Crippen molar-refractivity contribution in [3.05, 3.63) is 90.9 Å². The number of allylic oxidation sites excluding steroid dienone is 1. The predicted octanol–water partition coefficient (Wildman–Crippen LogP) is 6.68. The summed E-state index contributed by atoms with van der Waals surface area (Å²) in [5.41, 5.74) is 4.61. The highest BCUT2D eigenvalue weighted by atomic mass is 19.1. The third kappa shape index (κ3) is 6.63. The molecule has 0 radical (unpaired) electrons. The van der Waals surface area contributed by atoms with Crippen molar-refractivity contribution >= 4 is 6.08 Å². The zero-order valence-electron chi connectivity index (χ0n) is 17.8. The number of aliphatic hydroxyl groups excluding tert-OH is 1. The fourth-order valence-electron chi connectivity index (χ4n) is 3.20. The van der Waals surface area contributed by atoms with E-state index in [-0.39, 0.29) is 18.5 Å². The number of unbranched alkanes of at least 4 members (excludes halogenated alkanes) is 1. The highest BCUT2D eigenvalue weighted by Gasteiger charge is 2.07. The van der Waals surface area contributed by atoms with E-state index in [0.29, 0.717) is 0 Å². The average Bonchev–Trinajstić information content (AvgIpc) is 2.78. The second-order valence-electron chi connectivity index (χ2n) is 7.48. The summed E-state index contributed by atoms with van der Waals surface area (Å²) >= 11 is 0. The number of aromatic nitrogens is 1. The van der Waals surface area contributed by atoms with Gasteiger partial charge in [-0.15, -0.1) is 0 Å². The van der Waals surface area contributed by atoms with E-state index in [4.69, 9.17) is 4.74 Å². The van der Waals surface area contributed by atoms with Crippen LogP contribution in [0.4, 0.5) is 4.39 Å². The van der Waals surface area contributed by atoms with Crippen LogP contribution in [-0.2, 0) is 0 Å². The Kier molecular flexibility index (Phi) is 8.13. The van der Waals surface area contributed by atoms with Gasteiger partial charge in [0.1, 0.15) is 6.61 Å². The summed E-state index contributed by atoms with van der Waals surface area (Å²) < 4.78 is 19.5. The molecular formula is C27H28FNO2.